The second kappa shape index (κ2) is 6.16. The lowest BCUT2D eigenvalue weighted by Gasteiger charge is -2.40. The molecule has 4 heterocycles. The molecule has 0 unspecified atom stereocenters. The molecule has 0 radical (unpaired) electrons. The lowest BCUT2D eigenvalue weighted by Crippen LogP contribution is -2.54. The van der Waals surface area contributed by atoms with Crippen LogP contribution in [0.25, 0.3) is 0 Å². The number of rotatable bonds is 2. The van der Waals surface area contributed by atoms with Crippen molar-refractivity contribution in [3.63, 3.8) is 0 Å². The summed E-state index contributed by atoms with van der Waals surface area (Å²) in [6.07, 6.45) is 4.51. The van der Waals surface area contributed by atoms with Gasteiger partial charge < -0.3 is 14.5 Å². The smallest absolute Gasteiger partial charge is 0.293 e. The summed E-state index contributed by atoms with van der Waals surface area (Å²) in [5.74, 6) is 0.195. The number of carbonyl (C=O) groups excluding carboxylic acids is 2. The van der Waals surface area contributed by atoms with Crippen LogP contribution >= 0.6 is 0 Å². The van der Waals surface area contributed by atoms with Crippen molar-refractivity contribution >= 4 is 11.8 Å². The largest absolute Gasteiger partial charge is 0.376 e. The van der Waals surface area contributed by atoms with Gasteiger partial charge in [0.15, 0.2) is 0 Å². The average Bonchev–Trinajstić information content (AvgIpc) is 3.33. The molecule has 0 bridgehead atoms. The maximum atomic E-state index is 12.9. The monoisotopic (exact) mass is 333 g/mol. The fourth-order valence-electron chi connectivity index (χ4n) is 4.16. The first-order valence-corrected chi connectivity index (χ1v) is 8.69. The van der Waals surface area contributed by atoms with E-state index in [2.05, 4.69) is 10.1 Å². The van der Waals surface area contributed by atoms with E-state index >= 15 is 0 Å². The van der Waals surface area contributed by atoms with Crippen molar-refractivity contribution in [2.45, 2.75) is 25.4 Å². The van der Waals surface area contributed by atoms with Gasteiger partial charge in [-0.1, -0.05) is 0 Å². The molecule has 3 fully saturated rings. The third-order valence-electron chi connectivity index (χ3n) is 5.41. The molecule has 24 heavy (non-hydrogen) atoms. The molecule has 8 heteroatoms. The van der Waals surface area contributed by atoms with Gasteiger partial charge in [-0.3, -0.25) is 14.3 Å². The number of carbonyl (C=O) groups is 2. The standard InChI is InChI=1S/C16H23N5O3/c1-19-10-17-14(18-19)16(23)21-8-12(11-4-7-24-13(11)9-21)15(22)20-5-2-3-6-20/h10-13H,2-9H2,1H3/t11-,12+,13+/m0/s1. The average molecular weight is 333 g/mol. The Hall–Kier alpha value is -1.96. The summed E-state index contributed by atoms with van der Waals surface area (Å²) in [5, 5.41) is 4.10. The molecule has 4 rings (SSSR count). The van der Waals surface area contributed by atoms with Crippen LogP contribution in [0.5, 0.6) is 0 Å². The lowest BCUT2D eigenvalue weighted by molar-refractivity contribution is -0.139. The van der Waals surface area contributed by atoms with Crippen LogP contribution in [0.2, 0.25) is 0 Å². The van der Waals surface area contributed by atoms with Gasteiger partial charge in [0.1, 0.15) is 6.33 Å². The zero-order chi connectivity index (χ0) is 16.7. The minimum Gasteiger partial charge on any atom is -0.376 e. The van der Waals surface area contributed by atoms with Crippen LogP contribution in [0.3, 0.4) is 0 Å². The quantitative estimate of drug-likeness (QED) is 0.756. The van der Waals surface area contributed by atoms with Crippen LogP contribution in [0.15, 0.2) is 6.33 Å². The molecule has 0 spiro atoms. The first-order valence-electron chi connectivity index (χ1n) is 8.69. The summed E-state index contributed by atoms with van der Waals surface area (Å²) in [5.41, 5.74) is 0. The highest BCUT2D eigenvalue weighted by Gasteiger charge is 2.46. The van der Waals surface area contributed by atoms with Crippen molar-refractivity contribution in [3.05, 3.63) is 12.2 Å². The van der Waals surface area contributed by atoms with Gasteiger partial charge in [0.2, 0.25) is 11.7 Å². The zero-order valence-electron chi connectivity index (χ0n) is 13.9. The van der Waals surface area contributed by atoms with Crippen molar-refractivity contribution in [3.8, 4) is 0 Å². The molecule has 3 saturated heterocycles. The fraction of sp³-hybridized carbons (Fsp3) is 0.750. The van der Waals surface area contributed by atoms with Gasteiger partial charge in [0.05, 0.1) is 12.0 Å². The number of hydrogen-bond donors (Lipinski definition) is 0. The predicted molar refractivity (Wildman–Crippen MR) is 84.1 cm³/mol. The van der Waals surface area contributed by atoms with E-state index in [1.807, 2.05) is 4.90 Å². The predicted octanol–water partition coefficient (Wildman–Crippen LogP) is -0.0854. The number of aromatic nitrogens is 3. The molecular formula is C16H23N5O3. The Kier molecular flexibility index (Phi) is 3.99. The highest BCUT2D eigenvalue weighted by Crippen LogP contribution is 2.35. The van der Waals surface area contributed by atoms with Crippen LogP contribution < -0.4 is 0 Å². The van der Waals surface area contributed by atoms with Gasteiger partial charge in [-0.15, -0.1) is 5.10 Å². The van der Waals surface area contributed by atoms with Crippen molar-refractivity contribution in [1.29, 1.82) is 0 Å². The van der Waals surface area contributed by atoms with Crippen molar-refractivity contribution in [2.24, 2.45) is 18.9 Å². The second-order valence-electron chi connectivity index (χ2n) is 6.95. The molecule has 1 aromatic heterocycles. The Bertz CT molecular complexity index is 639. The summed E-state index contributed by atoms with van der Waals surface area (Å²) >= 11 is 0. The van der Waals surface area contributed by atoms with E-state index in [1.165, 1.54) is 11.0 Å². The Morgan fingerprint density at radius 2 is 2.00 bits per heavy atom. The van der Waals surface area contributed by atoms with Crippen LogP contribution in [0.4, 0.5) is 0 Å². The number of hydrogen-bond acceptors (Lipinski definition) is 5. The van der Waals surface area contributed by atoms with Crippen molar-refractivity contribution in [1.82, 2.24) is 24.6 Å². The number of ether oxygens (including phenoxy) is 1. The summed E-state index contributed by atoms with van der Waals surface area (Å²) in [7, 11) is 1.73. The van der Waals surface area contributed by atoms with E-state index < -0.39 is 0 Å². The second-order valence-corrected chi connectivity index (χ2v) is 6.95. The van der Waals surface area contributed by atoms with Crippen LogP contribution in [-0.4, -0.2) is 75.3 Å². The molecule has 0 aromatic carbocycles. The molecule has 3 aliphatic rings. The Morgan fingerprint density at radius 1 is 1.21 bits per heavy atom. The molecule has 1 aromatic rings. The van der Waals surface area contributed by atoms with Gasteiger partial charge in [-0.2, -0.15) is 0 Å². The lowest BCUT2D eigenvalue weighted by atomic mass is 9.81. The molecule has 3 atom stereocenters. The molecule has 0 N–H and O–H groups in total. The summed E-state index contributed by atoms with van der Waals surface area (Å²) in [6.45, 7) is 3.30. The molecule has 0 aliphatic carbocycles. The minimum absolute atomic E-state index is 0.0528. The van der Waals surface area contributed by atoms with E-state index in [4.69, 9.17) is 4.74 Å². The zero-order valence-corrected chi connectivity index (χ0v) is 13.9. The Labute approximate surface area is 140 Å². The number of aryl methyl sites for hydroxylation is 1. The highest BCUT2D eigenvalue weighted by atomic mass is 16.5. The topological polar surface area (TPSA) is 80.6 Å². The summed E-state index contributed by atoms with van der Waals surface area (Å²) in [6, 6.07) is 0. The van der Waals surface area contributed by atoms with E-state index in [9.17, 15) is 9.59 Å². The number of piperidine rings is 1. The highest BCUT2D eigenvalue weighted by molar-refractivity contribution is 5.91. The van der Waals surface area contributed by atoms with Gasteiger partial charge in [-0.05, 0) is 19.3 Å². The third-order valence-corrected chi connectivity index (χ3v) is 5.41. The Balaban J connectivity index is 1.54. The number of nitrogens with zero attached hydrogens (tertiary/aromatic N) is 5. The maximum absolute atomic E-state index is 12.9. The molecular weight excluding hydrogens is 310 g/mol. The maximum Gasteiger partial charge on any atom is 0.293 e. The number of amides is 2. The van der Waals surface area contributed by atoms with Crippen LogP contribution in [-0.2, 0) is 16.6 Å². The first kappa shape index (κ1) is 15.6. The van der Waals surface area contributed by atoms with Gasteiger partial charge in [-0.25, -0.2) is 4.98 Å². The van der Waals surface area contributed by atoms with Crippen LogP contribution in [0.1, 0.15) is 29.9 Å². The first-order chi connectivity index (χ1) is 11.6. The normalized spacial score (nSPS) is 29.8. The summed E-state index contributed by atoms with van der Waals surface area (Å²) in [4.78, 5) is 33.3. The van der Waals surface area contributed by atoms with Gasteiger partial charge >= 0.3 is 0 Å². The number of likely N-dealkylation sites (tertiary alicyclic amines) is 2. The third kappa shape index (κ3) is 2.68. The number of fused-ring (bicyclic) bond motifs is 1. The Morgan fingerprint density at radius 3 is 2.71 bits per heavy atom. The fourth-order valence-corrected chi connectivity index (χ4v) is 4.16. The molecule has 0 saturated carbocycles. The van der Waals surface area contributed by atoms with Crippen LogP contribution in [0, 0.1) is 11.8 Å². The van der Waals surface area contributed by atoms with Gasteiger partial charge in [0.25, 0.3) is 5.91 Å². The van der Waals surface area contributed by atoms with E-state index in [0.29, 0.717) is 19.7 Å². The molecule has 8 nitrogen and oxygen atoms in total. The molecule has 130 valence electrons. The van der Waals surface area contributed by atoms with E-state index in [0.717, 1.165) is 32.4 Å². The van der Waals surface area contributed by atoms with E-state index in [-0.39, 0.29) is 35.6 Å². The SMILES string of the molecule is Cn1cnc(C(=O)N2C[C@H]3OCC[C@H]3[C@H](C(=O)N3CCCC3)C2)n1. The van der Waals surface area contributed by atoms with Crippen molar-refractivity contribution < 1.29 is 14.3 Å². The summed E-state index contributed by atoms with van der Waals surface area (Å²) < 4.78 is 7.32. The van der Waals surface area contributed by atoms with E-state index in [1.54, 1.807) is 11.9 Å². The molecule has 2 amide bonds. The minimum atomic E-state index is -0.219. The van der Waals surface area contributed by atoms with Crippen molar-refractivity contribution in [2.75, 3.05) is 32.8 Å². The van der Waals surface area contributed by atoms with Gasteiger partial charge in [0, 0.05) is 45.8 Å². The molecule has 3 aliphatic heterocycles.